The molecule has 0 aliphatic carbocycles. The average Bonchev–Trinajstić information content (AvgIpc) is 2.98. The lowest BCUT2D eigenvalue weighted by atomic mass is 10.2. The van der Waals surface area contributed by atoms with E-state index in [1.54, 1.807) is 12.1 Å². The largest absolute Gasteiger partial charge is 0.497 e. The molecular weight excluding hydrogens is 360 g/mol. The van der Waals surface area contributed by atoms with Gasteiger partial charge in [0.05, 0.1) is 22.2 Å². The molecule has 130 valence electrons. The van der Waals surface area contributed by atoms with Crippen LogP contribution in [0.2, 0.25) is 0 Å². The van der Waals surface area contributed by atoms with E-state index in [1.807, 2.05) is 25.1 Å². The standard InChI is InChI=1S/C17H16N2O4S2/c1-11-4-3-5-14-16(11)19-17(24-14)18-15(20)10-25(21,22)13-8-6-12(23-2)7-9-13/h3-9H,10H2,1-2H3,(H,18,19,20). The number of benzene rings is 2. The van der Waals surface area contributed by atoms with Gasteiger partial charge in [0, 0.05) is 0 Å². The van der Waals surface area contributed by atoms with Gasteiger partial charge in [0.25, 0.3) is 0 Å². The maximum absolute atomic E-state index is 12.3. The minimum atomic E-state index is -3.73. The molecule has 0 unspecified atom stereocenters. The summed E-state index contributed by atoms with van der Waals surface area (Å²) in [6.45, 7) is 1.93. The molecule has 25 heavy (non-hydrogen) atoms. The van der Waals surface area contributed by atoms with E-state index >= 15 is 0 Å². The van der Waals surface area contributed by atoms with Gasteiger partial charge in [-0.25, -0.2) is 13.4 Å². The maximum atomic E-state index is 12.3. The Bertz CT molecular complexity index is 1020. The fourth-order valence-corrected chi connectivity index (χ4v) is 4.43. The van der Waals surface area contributed by atoms with Crippen molar-refractivity contribution in [2.45, 2.75) is 11.8 Å². The minimum Gasteiger partial charge on any atom is -0.497 e. The molecule has 0 bridgehead atoms. The van der Waals surface area contributed by atoms with Crippen LogP contribution >= 0.6 is 11.3 Å². The molecule has 2 aromatic carbocycles. The van der Waals surface area contributed by atoms with Crippen LogP contribution in [0.5, 0.6) is 5.75 Å². The van der Waals surface area contributed by atoms with Gasteiger partial charge in [-0.2, -0.15) is 0 Å². The van der Waals surface area contributed by atoms with Gasteiger partial charge < -0.3 is 10.1 Å². The van der Waals surface area contributed by atoms with Crippen LogP contribution in [0.15, 0.2) is 47.4 Å². The number of para-hydroxylation sites is 1. The number of nitrogens with zero attached hydrogens (tertiary/aromatic N) is 1. The van der Waals surface area contributed by atoms with Crippen LogP contribution in [0.4, 0.5) is 5.13 Å². The Kier molecular flexibility index (Phi) is 4.73. The number of aryl methyl sites for hydroxylation is 1. The molecule has 6 nitrogen and oxygen atoms in total. The van der Waals surface area contributed by atoms with Crippen molar-refractivity contribution in [2.75, 3.05) is 18.2 Å². The van der Waals surface area contributed by atoms with Crippen molar-refractivity contribution >= 4 is 42.4 Å². The number of hydrogen-bond acceptors (Lipinski definition) is 6. The SMILES string of the molecule is COc1ccc(S(=O)(=O)CC(=O)Nc2nc3c(C)cccc3s2)cc1. The van der Waals surface area contributed by atoms with Crippen molar-refractivity contribution in [1.29, 1.82) is 0 Å². The van der Waals surface area contributed by atoms with E-state index in [9.17, 15) is 13.2 Å². The zero-order valence-corrected chi connectivity index (χ0v) is 15.3. The number of nitrogens with one attached hydrogen (secondary N) is 1. The highest BCUT2D eigenvalue weighted by Crippen LogP contribution is 2.28. The number of methoxy groups -OCH3 is 1. The van der Waals surface area contributed by atoms with E-state index in [1.165, 1.54) is 30.6 Å². The highest BCUT2D eigenvalue weighted by molar-refractivity contribution is 7.92. The molecular formula is C17H16N2O4S2. The number of amides is 1. The third-order valence-corrected chi connectivity index (χ3v) is 6.18. The first-order valence-corrected chi connectivity index (χ1v) is 9.89. The molecule has 1 amide bonds. The predicted octanol–water partition coefficient (Wildman–Crippen LogP) is 3.03. The number of ether oxygens (including phenoxy) is 1. The van der Waals surface area contributed by atoms with Crippen molar-refractivity contribution < 1.29 is 17.9 Å². The normalized spacial score (nSPS) is 11.4. The number of carbonyl (C=O) groups is 1. The predicted molar refractivity (Wildman–Crippen MR) is 98.0 cm³/mol. The topological polar surface area (TPSA) is 85.4 Å². The number of hydrogen-bond donors (Lipinski definition) is 1. The van der Waals surface area contributed by atoms with Crippen LogP contribution in [0.1, 0.15) is 5.56 Å². The highest BCUT2D eigenvalue weighted by Gasteiger charge is 2.20. The first-order chi connectivity index (χ1) is 11.9. The van der Waals surface area contributed by atoms with E-state index in [-0.39, 0.29) is 4.90 Å². The molecule has 0 saturated carbocycles. The molecule has 1 heterocycles. The third kappa shape index (κ3) is 3.80. The second-order valence-electron chi connectivity index (χ2n) is 5.42. The molecule has 0 aliphatic heterocycles. The second kappa shape index (κ2) is 6.81. The summed E-state index contributed by atoms with van der Waals surface area (Å²) < 4.78 is 30.6. The zero-order chi connectivity index (χ0) is 18.0. The third-order valence-electron chi connectivity index (χ3n) is 3.61. The maximum Gasteiger partial charge on any atom is 0.241 e. The van der Waals surface area contributed by atoms with Gasteiger partial charge >= 0.3 is 0 Å². The summed E-state index contributed by atoms with van der Waals surface area (Å²) in [7, 11) is -2.24. The molecule has 0 spiro atoms. The molecule has 0 aliphatic rings. The lowest BCUT2D eigenvalue weighted by Crippen LogP contribution is -2.22. The quantitative estimate of drug-likeness (QED) is 0.740. The van der Waals surface area contributed by atoms with Crippen molar-refractivity contribution in [3.8, 4) is 5.75 Å². The molecule has 3 rings (SSSR count). The van der Waals surface area contributed by atoms with Crippen LogP contribution in [0.3, 0.4) is 0 Å². The number of rotatable bonds is 5. The van der Waals surface area contributed by atoms with E-state index in [2.05, 4.69) is 10.3 Å². The fraction of sp³-hybridized carbons (Fsp3) is 0.176. The molecule has 3 aromatic rings. The number of aromatic nitrogens is 1. The zero-order valence-electron chi connectivity index (χ0n) is 13.6. The minimum absolute atomic E-state index is 0.0728. The first kappa shape index (κ1) is 17.4. The van der Waals surface area contributed by atoms with Crippen molar-refractivity contribution in [3.05, 3.63) is 48.0 Å². The summed E-state index contributed by atoms with van der Waals surface area (Å²) in [6.07, 6.45) is 0. The molecule has 0 atom stereocenters. The Hall–Kier alpha value is -2.45. The van der Waals surface area contributed by atoms with E-state index in [0.29, 0.717) is 10.9 Å². The smallest absolute Gasteiger partial charge is 0.241 e. The first-order valence-electron chi connectivity index (χ1n) is 7.42. The van der Waals surface area contributed by atoms with Gasteiger partial charge in [-0.15, -0.1) is 0 Å². The van der Waals surface area contributed by atoms with Gasteiger partial charge in [-0.3, -0.25) is 4.79 Å². The summed E-state index contributed by atoms with van der Waals surface area (Å²) in [5, 5.41) is 2.96. The fourth-order valence-electron chi connectivity index (χ4n) is 2.33. The van der Waals surface area contributed by atoms with Crippen LogP contribution in [-0.2, 0) is 14.6 Å². The van der Waals surface area contributed by atoms with E-state index in [4.69, 9.17) is 4.74 Å². The van der Waals surface area contributed by atoms with Crippen molar-refractivity contribution in [2.24, 2.45) is 0 Å². The van der Waals surface area contributed by atoms with Crippen molar-refractivity contribution in [3.63, 3.8) is 0 Å². The summed E-state index contributed by atoms with van der Waals surface area (Å²) in [6, 6.07) is 11.7. The Balaban J connectivity index is 1.75. The molecule has 1 N–H and O–H groups in total. The Morgan fingerprint density at radius 1 is 1.20 bits per heavy atom. The average molecular weight is 376 g/mol. The van der Waals surface area contributed by atoms with Gasteiger partial charge in [0.2, 0.25) is 5.91 Å². The summed E-state index contributed by atoms with van der Waals surface area (Å²) in [4.78, 5) is 16.6. The molecule has 0 saturated heterocycles. The van der Waals surface area contributed by atoms with Crippen LogP contribution in [0.25, 0.3) is 10.2 Å². The number of anilines is 1. The summed E-state index contributed by atoms with van der Waals surface area (Å²) in [5.41, 5.74) is 1.81. The lowest BCUT2D eigenvalue weighted by Gasteiger charge is -2.05. The highest BCUT2D eigenvalue weighted by atomic mass is 32.2. The van der Waals surface area contributed by atoms with E-state index in [0.717, 1.165) is 15.8 Å². The molecule has 0 fully saturated rings. The summed E-state index contributed by atoms with van der Waals surface area (Å²) >= 11 is 1.31. The molecule has 1 aromatic heterocycles. The van der Waals surface area contributed by atoms with Crippen LogP contribution < -0.4 is 10.1 Å². The van der Waals surface area contributed by atoms with Crippen molar-refractivity contribution in [1.82, 2.24) is 4.98 Å². The number of thiazole rings is 1. The van der Waals surface area contributed by atoms with Gasteiger partial charge in [-0.05, 0) is 42.8 Å². The van der Waals surface area contributed by atoms with Crippen LogP contribution in [0, 0.1) is 6.92 Å². The van der Waals surface area contributed by atoms with E-state index < -0.39 is 21.5 Å². The van der Waals surface area contributed by atoms with Crippen LogP contribution in [-0.4, -0.2) is 32.2 Å². The van der Waals surface area contributed by atoms with Gasteiger partial charge in [-0.1, -0.05) is 23.5 Å². The summed E-state index contributed by atoms with van der Waals surface area (Å²) in [5.74, 6) is -0.713. The number of carbonyl (C=O) groups excluding carboxylic acids is 1. The number of fused-ring (bicyclic) bond motifs is 1. The Labute approximate surface area is 149 Å². The molecule has 8 heteroatoms. The Morgan fingerprint density at radius 3 is 2.56 bits per heavy atom. The second-order valence-corrected chi connectivity index (χ2v) is 8.44. The monoisotopic (exact) mass is 376 g/mol. The van der Waals surface area contributed by atoms with Gasteiger partial charge in [0.1, 0.15) is 11.5 Å². The number of sulfone groups is 1. The lowest BCUT2D eigenvalue weighted by molar-refractivity contribution is -0.113. The molecule has 0 radical (unpaired) electrons. The van der Waals surface area contributed by atoms with Gasteiger partial charge in [0.15, 0.2) is 15.0 Å². The Morgan fingerprint density at radius 2 is 1.92 bits per heavy atom.